The standard InChI is InChI=1S/C18H31NO2Si/c1-4-20-22(3,21-5-2)18-14-10-7-11-15-19(18)16-17-12-8-6-9-13-17/h6,8-9,12-13,18H,4-5,7,10-11,14-16H2,1-3H3. The molecule has 1 atom stereocenters. The van der Waals surface area contributed by atoms with Gasteiger partial charge in [-0.05, 0) is 45.3 Å². The fourth-order valence-electron chi connectivity index (χ4n) is 3.58. The predicted molar refractivity (Wildman–Crippen MR) is 94.0 cm³/mol. The maximum absolute atomic E-state index is 6.21. The van der Waals surface area contributed by atoms with Gasteiger partial charge in [-0.1, -0.05) is 43.2 Å². The third kappa shape index (κ3) is 4.65. The molecule has 0 amide bonds. The van der Waals surface area contributed by atoms with Gasteiger partial charge in [0.1, 0.15) is 0 Å². The average molecular weight is 322 g/mol. The largest absolute Gasteiger partial charge is 0.394 e. The summed E-state index contributed by atoms with van der Waals surface area (Å²) in [7, 11) is -2.17. The molecule has 1 aromatic carbocycles. The van der Waals surface area contributed by atoms with E-state index in [0.717, 1.165) is 26.3 Å². The van der Waals surface area contributed by atoms with Crippen LogP contribution in [0.5, 0.6) is 0 Å². The first-order valence-electron chi connectivity index (χ1n) is 8.75. The summed E-state index contributed by atoms with van der Waals surface area (Å²) < 4.78 is 12.4. The van der Waals surface area contributed by atoms with Crippen LogP contribution in [0.1, 0.15) is 45.1 Å². The SMILES string of the molecule is CCO[Si](C)(OCC)C1CCCCCN1Cc1ccccc1. The van der Waals surface area contributed by atoms with Crippen LogP contribution in [-0.2, 0) is 15.4 Å². The Kier molecular flexibility index (Phi) is 7.08. The van der Waals surface area contributed by atoms with E-state index in [1.165, 1.54) is 31.2 Å². The van der Waals surface area contributed by atoms with Gasteiger partial charge >= 0.3 is 8.56 Å². The highest BCUT2D eigenvalue weighted by molar-refractivity contribution is 6.67. The first kappa shape index (κ1) is 17.7. The minimum Gasteiger partial charge on any atom is -0.394 e. The average Bonchev–Trinajstić information content (AvgIpc) is 2.75. The lowest BCUT2D eigenvalue weighted by atomic mass is 10.2. The lowest BCUT2D eigenvalue weighted by Crippen LogP contribution is -2.58. The molecule has 3 nitrogen and oxygen atoms in total. The van der Waals surface area contributed by atoms with Gasteiger partial charge in [0.05, 0.1) is 5.67 Å². The van der Waals surface area contributed by atoms with E-state index in [4.69, 9.17) is 8.85 Å². The summed E-state index contributed by atoms with van der Waals surface area (Å²) in [6.45, 7) is 10.1. The Morgan fingerprint density at radius 3 is 2.36 bits per heavy atom. The van der Waals surface area contributed by atoms with Crippen LogP contribution in [0.2, 0.25) is 6.55 Å². The van der Waals surface area contributed by atoms with Gasteiger partial charge in [0, 0.05) is 19.8 Å². The Morgan fingerprint density at radius 2 is 1.73 bits per heavy atom. The van der Waals surface area contributed by atoms with Crippen LogP contribution in [-0.4, -0.2) is 38.9 Å². The van der Waals surface area contributed by atoms with Crippen LogP contribution >= 0.6 is 0 Å². The normalized spacial score (nSPS) is 20.8. The van der Waals surface area contributed by atoms with Crippen molar-refractivity contribution in [1.82, 2.24) is 4.90 Å². The van der Waals surface area contributed by atoms with Crippen LogP contribution in [0.25, 0.3) is 0 Å². The zero-order chi connectivity index (χ0) is 15.8. The highest BCUT2D eigenvalue weighted by Gasteiger charge is 2.44. The van der Waals surface area contributed by atoms with Crippen molar-refractivity contribution >= 4 is 8.56 Å². The molecule has 1 heterocycles. The van der Waals surface area contributed by atoms with Crippen molar-refractivity contribution in [3.8, 4) is 0 Å². The molecular formula is C18H31NO2Si. The molecule has 0 aromatic heterocycles. The van der Waals surface area contributed by atoms with E-state index in [1.54, 1.807) is 0 Å². The van der Waals surface area contributed by atoms with E-state index in [2.05, 4.69) is 55.6 Å². The minimum atomic E-state index is -2.17. The molecule has 1 unspecified atom stereocenters. The molecule has 0 saturated carbocycles. The quantitative estimate of drug-likeness (QED) is 0.705. The second-order valence-electron chi connectivity index (χ2n) is 6.20. The summed E-state index contributed by atoms with van der Waals surface area (Å²) in [6, 6.07) is 10.8. The molecule has 1 fully saturated rings. The van der Waals surface area contributed by atoms with Gasteiger partial charge in [-0.25, -0.2) is 0 Å². The van der Waals surface area contributed by atoms with Crippen molar-refractivity contribution in [2.75, 3.05) is 19.8 Å². The van der Waals surface area contributed by atoms with E-state index in [1.807, 2.05) is 0 Å². The molecule has 1 aromatic rings. The molecule has 1 aliphatic heterocycles. The molecule has 0 spiro atoms. The summed E-state index contributed by atoms with van der Waals surface area (Å²) in [5.74, 6) is 0. The van der Waals surface area contributed by atoms with Gasteiger partial charge in [0.15, 0.2) is 0 Å². The smallest absolute Gasteiger partial charge is 0.352 e. The molecule has 22 heavy (non-hydrogen) atoms. The fourth-order valence-corrected chi connectivity index (χ4v) is 6.80. The molecule has 1 aliphatic rings. The topological polar surface area (TPSA) is 21.7 Å². The Labute approximate surface area is 136 Å². The van der Waals surface area contributed by atoms with Gasteiger partial charge in [-0.15, -0.1) is 0 Å². The second-order valence-corrected chi connectivity index (χ2v) is 9.48. The molecule has 2 rings (SSSR count). The van der Waals surface area contributed by atoms with E-state index in [0.29, 0.717) is 5.67 Å². The van der Waals surface area contributed by atoms with Crippen LogP contribution in [0.4, 0.5) is 0 Å². The van der Waals surface area contributed by atoms with Gasteiger partial charge in [0.25, 0.3) is 0 Å². The van der Waals surface area contributed by atoms with Gasteiger partial charge in [-0.3, -0.25) is 4.90 Å². The van der Waals surface area contributed by atoms with Crippen molar-refractivity contribution in [2.45, 2.75) is 58.3 Å². The Morgan fingerprint density at radius 1 is 1.05 bits per heavy atom. The van der Waals surface area contributed by atoms with Crippen LogP contribution < -0.4 is 0 Å². The minimum absolute atomic E-state index is 0.454. The fraction of sp³-hybridized carbons (Fsp3) is 0.667. The number of likely N-dealkylation sites (tertiary alicyclic amines) is 1. The van der Waals surface area contributed by atoms with E-state index < -0.39 is 8.56 Å². The second kappa shape index (κ2) is 8.82. The summed E-state index contributed by atoms with van der Waals surface area (Å²) in [4.78, 5) is 2.62. The molecule has 0 aliphatic carbocycles. The summed E-state index contributed by atoms with van der Waals surface area (Å²) in [6.07, 6.45) is 5.10. The van der Waals surface area contributed by atoms with Crippen molar-refractivity contribution in [3.05, 3.63) is 35.9 Å². The first-order chi connectivity index (χ1) is 10.7. The number of rotatable bonds is 7. The maximum Gasteiger partial charge on any atom is 0.352 e. The number of benzene rings is 1. The summed E-state index contributed by atoms with van der Waals surface area (Å²) >= 11 is 0. The van der Waals surface area contributed by atoms with Gasteiger partial charge < -0.3 is 8.85 Å². The van der Waals surface area contributed by atoms with Crippen LogP contribution in [0, 0.1) is 0 Å². The zero-order valence-corrected chi connectivity index (χ0v) is 15.4. The van der Waals surface area contributed by atoms with Crippen molar-refractivity contribution in [2.24, 2.45) is 0 Å². The van der Waals surface area contributed by atoms with Gasteiger partial charge in [-0.2, -0.15) is 0 Å². The van der Waals surface area contributed by atoms with Gasteiger partial charge in [0.2, 0.25) is 0 Å². The molecule has 0 N–H and O–H groups in total. The van der Waals surface area contributed by atoms with Crippen molar-refractivity contribution < 1.29 is 8.85 Å². The van der Waals surface area contributed by atoms with Crippen molar-refractivity contribution in [1.29, 1.82) is 0 Å². The Hall–Kier alpha value is -0.683. The van der Waals surface area contributed by atoms with Crippen LogP contribution in [0.3, 0.4) is 0 Å². The molecule has 1 saturated heterocycles. The lowest BCUT2D eigenvalue weighted by Gasteiger charge is -2.40. The Balaban J connectivity index is 2.18. The predicted octanol–water partition coefficient (Wildman–Crippen LogP) is 4.12. The van der Waals surface area contributed by atoms with Crippen LogP contribution in [0.15, 0.2) is 30.3 Å². The molecule has 4 heteroatoms. The van der Waals surface area contributed by atoms with E-state index in [-0.39, 0.29) is 0 Å². The molecule has 124 valence electrons. The number of nitrogens with zero attached hydrogens (tertiary/aromatic N) is 1. The highest BCUT2D eigenvalue weighted by atomic mass is 28.4. The van der Waals surface area contributed by atoms with Crippen molar-refractivity contribution in [3.63, 3.8) is 0 Å². The Bertz CT molecular complexity index is 420. The molecular weight excluding hydrogens is 290 g/mol. The molecule has 0 bridgehead atoms. The third-order valence-electron chi connectivity index (χ3n) is 4.56. The maximum atomic E-state index is 6.21. The van der Waals surface area contributed by atoms with E-state index >= 15 is 0 Å². The zero-order valence-electron chi connectivity index (χ0n) is 14.4. The number of hydrogen-bond acceptors (Lipinski definition) is 3. The summed E-state index contributed by atoms with van der Waals surface area (Å²) in [5, 5.41) is 0. The third-order valence-corrected chi connectivity index (χ3v) is 8.15. The monoisotopic (exact) mass is 321 g/mol. The highest BCUT2D eigenvalue weighted by Crippen LogP contribution is 2.28. The lowest BCUT2D eigenvalue weighted by molar-refractivity contribution is 0.128. The molecule has 0 radical (unpaired) electrons. The van der Waals surface area contributed by atoms with E-state index in [9.17, 15) is 0 Å². The first-order valence-corrected chi connectivity index (χ1v) is 11.1. The number of hydrogen-bond donors (Lipinski definition) is 0. The summed E-state index contributed by atoms with van der Waals surface area (Å²) in [5.41, 5.74) is 1.84.